The largest absolute Gasteiger partial charge is 0.477 e. The van der Waals surface area contributed by atoms with Gasteiger partial charge in [0.15, 0.2) is 0 Å². The highest BCUT2D eigenvalue weighted by atomic mass is 32.2. The molecule has 112 valence electrons. The number of aliphatic hydroxyl groups is 1. The number of hydrogen-bond donors (Lipinski definition) is 3. The van der Waals surface area contributed by atoms with Crippen LogP contribution in [0.4, 0.5) is 0 Å². The number of rotatable bonds is 7. The molecule has 1 aromatic heterocycles. The van der Waals surface area contributed by atoms with Gasteiger partial charge in [-0.15, -0.1) is 0 Å². The first-order valence-corrected chi connectivity index (χ1v) is 7.78. The van der Waals surface area contributed by atoms with E-state index < -0.39 is 16.0 Å². The van der Waals surface area contributed by atoms with Gasteiger partial charge in [-0.25, -0.2) is 17.9 Å². The molecule has 2 rings (SSSR count). The van der Waals surface area contributed by atoms with E-state index >= 15 is 0 Å². The topological polar surface area (TPSA) is 109 Å². The van der Waals surface area contributed by atoms with Gasteiger partial charge in [0, 0.05) is 26.4 Å². The fourth-order valence-electron chi connectivity index (χ4n) is 2.15. The van der Waals surface area contributed by atoms with E-state index in [0.717, 1.165) is 18.9 Å². The van der Waals surface area contributed by atoms with E-state index in [1.54, 1.807) is 0 Å². The van der Waals surface area contributed by atoms with Crippen LogP contribution in [-0.4, -0.2) is 42.3 Å². The summed E-state index contributed by atoms with van der Waals surface area (Å²) in [7, 11) is -2.24. The summed E-state index contributed by atoms with van der Waals surface area (Å²) in [4.78, 5) is 10.9. The lowest BCUT2D eigenvalue weighted by molar-refractivity contribution is 0.0686. The summed E-state index contributed by atoms with van der Waals surface area (Å²) in [5, 5.41) is 17.9. The van der Waals surface area contributed by atoms with Crippen LogP contribution in [-0.2, 0) is 17.1 Å². The fourth-order valence-corrected chi connectivity index (χ4v) is 3.38. The van der Waals surface area contributed by atoms with E-state index in [1.165, 1.54) is 17.8 Å². The standard InChI is InChI=1S/C12H18N2O5S/c1-14-7-9(6-10(14)11(16)17)20(18,19)13-8-12(2-3-12)4-5-15/h6-7,13,15H,2-5,8H2,1H3,(H,16,17). The van der Waals surface area contributed by atoms with Crippen molar-refractivity contribution in [3.05, 3.63) is 18.0 Å². The van der Waals surface area contributed by atoms with Gasteiger partial charge in [-0.1, -0.05) is 0 Å². The third kappa shape index (κ3) is 3.02. The maximum atomic E-state index is 12.1. The number of nitrogens with zero attached hydrogens (tertiary/aromatic N) is 1. The quantitative estimate of drug-likeness (QED) is 0.665. The van der Waals surface area contributed by atoms with Crippen molar-refractivity contribution in [2.24, 2.45) is 12.5 Å². The predicted octanol–water partition coefficient (Wildman–Crippen LogP) is 0.164. The highest BCUT2D eigenvalue weighted by Gasteiger charge is 2.42. The van der Waals surface area contributed by atoms with E-state index in [0.29, 0.717) is 6.42 Å². The maximum absolute atomic E-state index is 12.1. The Bertz CT molecular complexity index is 616. The number of nitrogens with one attached hydrogen (secondary N) is 1. The van der Waals surface area contributed by atoms with E-state index in [9.17, 15) is 13.2 Å². The van der Waals surface area contributed by atoms with Crippen LogP contribution in [0.5, 0.6) is 0 Å². The molecule has 20 heavy (non-hydrogen) atoms. The minimum absolute atomic E-state index is 0.0379. The molecule has 0 spiro atoms. The summed E-state index contributed by atoms with van der Waals surface area (Å²) in [5.74, 6) is -1.17. The van der Waals surface area contributed by atoms with Gasteiger partial charge in [-0.05, 0) is 30.7 Å². The monoisotopic (exact) mass is 302 g/mol. The van der Waals surface area contributed by atoms with Crippen LogP contribution >= 0.6 is 0 Å². The molecule has 3 N–H and O–H groups in total. The first-order chi connectivity index (χ1) is 9.30. The highest BCUT2D eigenvalue weighted by molar-refractivity contribution is 7.89. The SMILES string of the molecule is Cn1cc(S(=O)(=O)NCC2(CCO)CC2)cc1C(=O)O. The molecular weight excluding hydrogens is 284 g/mol. The number of aromatic carboxylic acids is 1. The second-order valence-corrected chi connectivity index (χ2v) is 7.04. The Morgan fingerprint density at radius 3 is 2.60 bits per heavy atom. The molecule has 0 atom stereocenters. The van der Waals surface area contributed by atoms with E-state index in [4.69, 9.17) is 10.2 Å². The minimum Gasteiger partial charge on any atom is -0.477 e. The second-order valence-electron chi connectivity index (χ2n) is 5.28. The summed E-state index contributed by atoms with van der Waals surface area (Å²) in [5.41, 5.74) is -0.214. The number of hydrogen-bond acceptors (Lipinski definition) is 4. The van der Waals surface area contributed by atoms with Gasteiger partial charge in [-0.2, -0.15) is 0 Å². The smallest absolute Gasteiger partial charge is 0.352 e. The molecule has 1 aliphatic carbocycles. The predicted molar refractivity (Wildman–Crippen MR) is 70.9 cm³/mol. The molecular formula is C12H18N2O5S. The van der Waals surface area contributed by atoms with Gasteiger partial charge in [0.25, 0.3) is 0 Å². The Morgan fingerprint density at radius 2 is 2.15 bits per heavy atom. The molecule has 1 aliphatic rings. The lowest BCUT2D eigenvalue weighted by Crippen LogP contribution is -2.30. The van der Waals surface area contributed by atoms with E-state index in [1.807, 2.05) is 0 Å². The van der Waals surface area contributed by atoms with Crippen molar-refractivity contribution in [2.45, 2.75) is 24.2 Å². The van der Waals surface area contributed by atoms with Gasteiger partial charge in [0.1, 0.15) is 10.6 Å². The molecule has 0 bridgehead atoms. The summed E-state index contributed by atoms with van der Waals surface area (Å²) in [6.07, 6.45) is 3.64. The number of aromatic nitrogens is 1. The van der Waals surface area contributed by atoms with Crippen LogP contribution in [0.2, 0.25) is 0 Å². The van der Waals surface area contributed by atoms with Gasteiger partial charge in [-0.3, -0.25) is 0 Å². The van der Waals surface area contributed by atoms with Crippen LogP contribution in [0.25, 0.3) is 0 Å². The maximum Gasteiger partial charge on any atom is 0.352 e. The Labute approximate surface area is 117 Å². The highest BCUT2D eigenvalue weighted by Crippen LogP contribution is 2.48. The van der Waals surface area contributed by atoms with Crippen LogP contribution in [0.1, 0.15) is 29.8 Å². The zero-order valence-corrected chi connectivity index (χ0v) is 12.0. The molecule has 0 amide bonds. The average Bonchev–Trinajstić information content (AvgIpc) is 3.00. The third-order valence-corrected chi connectivity index (χ3v) is 5.11. The summed E-state index contributed by atoms with van der Waals surface area (Å²) < 4.78 is 28.0. The van der Waals surface area contributed by atoms with Gasteiger partial charge in [0.05, 0.1) is 0 Å². The normalized spacial score (nSPS) is 17.1. The number of aliphatic hydroxyl groups excluding tert-OH is 1. The van der Waals surface area contributed by atoms with Gasteiger partial charge in [0.2, 0.25) is 10.0 Å². The van der Waals surface area contributed by atoms with Crippen molar-refractivity contribution < 1.29 is 23.4 Å². The molecule has 1 heterocycles. The molecule has 8 heteroatoms. The van der Waals surface area contributed by atoms with E-state index in [-0.39, 0.29) is 29.2 Å². The Kier molecular flexibility index (Phi) is 3.90. The molecule has 1 fully saturated rings. The lowest BCUT2D eigenvalue weighted by atomic mass is 10.0. The van der Waals surface area contributed by atoms with Crippen molar-refractivity contribution in [1.29, 1.82) is 0 Å². The summed E-state index contributed by atoms with van der Waals surface area (Å²) in [6.45, 7) is 0.309. The van der Waals surface area contributed by atoms with Crippen LogP contribution in [0.3, 0.4) is 0 Å². The molecule has 0 aliphatic heterocycles. The summed E-state index contributed by atoms with van der Waals surface area (Å²) in [6, 6.07) is 1.14. The first kappa shape index (κ1) is 15.0. The molecule has 1 saturated carbocycles. The fraction of sp³-hybridized carbons (Fsp3) is 0.583. The van der Waals surface area contributed by atoms with Crippen LogP contribution < -0.4 is 4.72 Å². The number of carboxylic acid groups (broad SMARTS) is 1. The van der Waals surface area contributed by atoms with Gasteiger partial charge >= 0.3 is 5.97 Å². The zero-order valence-electron chi connectivity index (χ0n) is 11.2. The van der Waals surface area contributed by atoms with E-state index in [2.05, 4.69) is 4.72 Å². The molecule has 0 aromatic carbocycles. The van der Waals surface area contributed by atoms with Crippen LogP contribution in [0.15, 0.2) is 17.2 Å². The second kappa shape index (κ2) is 5.19. The van der Waals surface area contributed by atoms with Crippen molar-refractivity contribution >= 4 is 16.0 Å². The Morgan fingerprint density at radius 1 is 1.50 bits per heavy atom. The van der Waals surface area contributed by atoms with Crippen LogP contribution in [0, 0.1) is 5.41 Å². The lowest BCUT2D eigenvalue weighted by Gasteiger charge is -2.14. The zero-order chi connectivity index (χ0) is 15.0. The average molecular weight is 302 g/mol. The Balaban J connectivity index is 2.11. The van der Waals surface area contributed by atoms with Gasteiger partial charge < -0.3 is 14.8 Å². The van der Waals surface area contributed by atoms with Crippen molar-refractivity contribution in [3.8, 4) is 0 Å². The Hall–Kier alpha value is -1.38. The van der Waals surface area contributed by atoms with Crippen molar-refractivity contribution in [3.63, 3.8) is 0 Å². The molecule has 0 unspecified atom stereocenters. The molecule has 0 saturated heterocycles. The summed E-state index contributed by atoms with van der Waals surface area (Å²) >= 11 is 0. The third-order valence-electron chi connectivity index (χ3n) is 3.75. The molecule has 1 aromatic rings. The first-order valence-electron chi connectivity index (χ1n) is 6.30. The molecule has 7 nitrogen and oxygen atoms in total. The minimum atomic E-state index is -3.72. The number of sulfonamides is 1. The number of aryl methyl sites for hydroxylation is 1. The van der Waals surface area contributed by atoms with Crippen molar-refractivity contribution in [2.75, 3.05) is 13.2 Å². The van der Waals surface area contributed by atoms with Crippen molar-refractivity contribution in [1.82, 2.24) is 9.29 Å². The molecule has 0 radical (unpaired) electrons. The number of carboxylic acids is 1. The number of carbonyl (C=O) groups is 1.